The number of rotatable bonds is 15. The number of nitrogens with one attached hydrogen (secondary N) is 2. The van der Waals surface area contributed by atoms with Gasteiger partial charge in [-0.15, -0.1) is 0 Å². The molecule has 0 saturated heterocycles. The smallest absolute Gasteiger partial charge is 0.264 e. The zero-order chi connectivity index (χ0) is 46.3. The Labute approximate surface area is 397 Å². The molecule has 340 valence electrons. The number of H-pyrrole nitrogens is 2. The van der Waals surface area contributed by atoms with Crippen LogP contribution in [0.1, 0.15) is 82.3 Å². The summed E-state index contributed by atoms with van der Waals surface area (Å²) < 4.78 is 17.7. The molecule has 0 bridgehead atoms. The molecule has 4 heterocycles. The van der Waals surface area contributed by atoms with Crippen LogP contribution in [0.2, 0.25) is 0 Å². The molecule has 13 rings (SSSR count). The Kier molecular flexibility index (Phi) is 9.86. The lowest BCUT2D eigenvalue weighted by atomic mass is 9.85. The molecule has 0 aliphatic rings. The highest BCUT2D eigenvalue weighted by Crippen LogP contribution is 2.52. The maximum absolute atomic E-state index is 15.1. The van der Waals surface area contributed by atoms with Crippen molar-refractivity contribution in [3.8, 4) is 23.0 Å². The molecule has 2 N–H and O–H groups in total. The molecule has 0 radical (unpaired) electrons. The van der Waals surface area contributed by atoms with Gasteiger partial charge in [-0.3, -0.25) is 18.4 Å². The minimum absolute atomic E-state index is 0.0981. The highest BCUT2D eigenvalue weighted by molar-refractivity contribution is 6.42. The summed E-state index contributed by atoms with van der Waals surface area (Å²) in [5.74, 6) is 2.61. The van der Waals surface area contributed by atoms with Gasteiger partial charge in [-0.2, -0.15) is 0 Å². The average Bonchev–Trinajstić information content (AvgIpc) is 3.97. The van der Waals surface area contributed by atoms with Gasteiger partial charge in [0.25, 0.3) is 11.1 Å². The lowest BCUT2D eigenvalue weighted by Gasteiger charge is -2.22. The van der Waals surface area contributed by atoms with E-state index in [4.69, 9.17) is 9.47 Å². The quantitative estimate of drug-likeness (QED) is 0.0609. The van der Waals surface area contributed by atoms with Gasteiger partial charge in [0, 0.05) is 48.5 Å². The minimum Gasteiger partial charge on any atom is -0.457 e. The van der Waals surface area contributed by atoms with E-state index in [9.17, 15) is 4.79 Å². The molecule has 0 spiro atoms. The molecule has 0 saturated carbocycles. The van der Waals surface area contributed by atoms with Gasteiger partial charge in [-0.05, 0) is 103 Å². The Bertz CT molecular complexity index is 4230. The third kappa shape index (κ3) is 6.56. The number of imidazole rings is 2. The van der Waals surface area contributed by atoms with Crippen molar-refractivity contribution in [3.05, 3.63) is 165 Å². The fraction of sp³-hybridized carbons (Fsp3) is 0.213. The van der Waals surface area contributed by atoms with E-state index in [1.165, 1.54) is 69.8 Å². The van der Waals surface area contributed by atoms with Gasteiger partial charge >= 0.3 is 0 Å². The molecular weight excluding hydrogens is 853 g/mol. The minimum atomic E-state index is -0.128. The van der Waals surface area contributed by atoms with Crippen LogP contribution in [-0.4, -0.2) is 18.8 Å². The number of hydrogen-bond acceptors (Lipinski definition) is 4. The number of fused-ring (bicyclic) bond motifs is 10. The number of unbranched alkanes of at least 4 members (excludes halogenated alkanes) is 9. The number of aromatic nitrogens is 4. The van der Waals surface area contributed by atoms with Crippen molar-refractivity contribution in [2.45, 2.75) is 84.5 Å². The molecule has 8 nitrogen and oxygen atoms in total. The van der Waals surface area contributed by atoms with Crippen molar-refractivity contribution >= 4 is 98.0 Å². The first-order valence-corrected chi connectivity index (χ1v) is 24.9. The van der Waals surface area contributed by atoms with E-state index >= 15 is 4.79 Å². The molecule has 0 aliphatic heterocycles. The molecular formula is C61H52N4O4. The average molecular weight is 905 g/mol. The van der Waals surface area contributed by atoms with Gasteiger partial charge in [-0.1, -0.05) is 137 Å². The van der Waals surface area contributed by atoms with Crippen molar-refractivity contribution in [3.63, 3.8) is 0 Å². The van der Waals surface area contributed by atoms with Gasteiger partial charge in [0.05, 0.1) is 27.5 Å². The molecule has 8 heteroatoms. The Morgan fingerprint density at radius 3 is 1.49 bits per heavy atom. The van der Waals surface area contributed by atoms with Crippen molar-refractivity contribution in [2.75, 3.05) is 0 Å². The van der Waals surface area contributed by atoms with E-state index in [-0.39, 0.29) is 11.1 Å². The molecule has 0 unspecified atom stereocenters. The number of hydrogen-bond donors (Lipinski definition) is 2. The number of pyridine rings is 2. The maximum atomic E-state index is 15.1. The first kappa shape index (κ1) is 41.4. The van der Waals surface area contributed by atoms with Gasteiger partial charge < -0.3 is 19.4 Å². The van der Waals surface area contributed by atoms with E-state index in [0.29, 0.717) is 39.4 Å². The van der Waals surface area contributed by atoms with Crippen LogP contribution < -0.4 is 20.6 Å². The number of aromatic amines is 2. The van der Waals surface area contributed by atoms with Crippen molar-refractivity contribution in [2.24, 2.45) is 0 Å². The fourth-order valence-electron chi connectivity index (χ4n) is 11.5. The monoisotopic (exact) mass is 904 g/mol. The number of aryl methyl sites for hydroxylation is 2. The second-order valence-corrected chi connectivity index (χ2v) is 19.3. The fourth-order valence-corrected chi connectivity index (χ4v) is 11.5. The van der Waals surface area contributed by atoms with E-state index < -0.39 is 0 Å². The molecule has 4 aromatic heterocycles. The summed E-state index contributed by atoms with van der Waals surface area (Å²) >= 11 is 0. The predicted octanol–water partition coefficient (Wildman–Crippen LogP) is 16.0. The lowest BCUT2D eigenvalue weighted by molar-refractivity contribution is 0.488. The second-order valence-electron chi connectivity index (χ2n) is 19.3. The van der Waals surface area contributed by atoms with Crippen molar-refractivity contribution < 1.29 is 9.47 Å². The highest BCUT2D eigenvalue weighted by atomic mass is 16.5. The third-order valence-electron chi connectivity index (χ3n) is 14.9. The normalized spacial score (nSPS) is 12.4. The van der Waals surface area contributed by atoms with Crippen LogP contribution in [0.25, 0.3) is 98.0 Å². The number of para-hydroxylation sites is 4. The highest BCUT2D eigenvalue weighted by Gasteiger charge is 2.28. The SMILES string of the molecule is CCCCCCCCCCCCc1ccc(Oc2cc3c(=O)n4c5ccccc5[nH]c4c4ccc5c6c(Oc7ccc(C)cc7)cc7c8c(ccc(c2c5c34)c68)c(=O)n2c3ccccc3[nH]c72)cc1. The first-order valence-electron chi connectivity index (χ1n) is 24.9. The molecule has 9 aromatic carbocycles. The van der Waals surface area contributed by atoms with E-state index in [0.717, 1.165) is 93.6 Å². The van der Waals surface area contributed by atoms with Crippen LogP contribution in [-0.2, 0) is 6.42 Å². The van der Waals surface area contributed by atoms with Crippen LogP contribution in [0.3, 0.4) is 0 Å². The van der Waals surface area contributed by atoms with Gasteiger partial charge in [0.15, 0.2) is 0 Å². The zero-order valence-corrected chi connectivity index (χ0v) is 39.0. The van der Waals surface area contributed by atoms with Crippen LogP contribution in [0.5, 0.6) is 23.0 Å². The maximum Gasteiger partial charge on any atom is 0.264 e. The Morgan fingerprint density at radius 1 is 0.435 bits per heavy atom. The third-order valence-corrected chi connectivity index (χ3v) is 14.9. The summed E-state index contributed by atoms with van der Waals surface area (Å²) in [5.41, 5.74) is 7.00. The number of ether oxygens (including phenoxy) is 2. The van der Waals surface area contributed by atoms with Crippen LogP contribution in [0, 0.1) is 6.92 Å². The lowest BCUT2D eigenvalue weighted by Crippen LogP contribution is -2.14. The van der Waals surface area contributed by atoms with Gasteiger partial charge in [-0.25, -0.2) is 0 Å². The summed E-state index contributed by atoms with van der Waals surface area (Å²) in [6, 6.07) is 44.8. The Hall–Kier alpha value is -7.84. The first-order chi connectivity index (χ1) is 33.9. The summed E-state index contributed by atoms with van der Waals surface area (Å²) in [5, 5.41) is 10.0. The van der Waals surface area contributed by atoms with Crippen molar-refractivity contribution in [1.29, 1.82) is 0 Å². The standard InChI is InChI=1S/C61H52N4O4/c1-3-4-5-6-7-8-9-10-11-12-17-37-24-28-39(29-25-37)69-51-35-45-52-42(58-62-46-18-13-15-20-48(46)64(58)61(45)67)32-30-40-54-50(68-38-26-22-36(2)23-27-38)34-44-53-43(33-31-41(57(53)54)55(51)56(40)52)60(66)65-49-21-16-14-19-47(49)63-59(44)65/h13-16,18-35,62-63H,3-12,17H2,1-2H3. The van der Waals surface area contributed by atoms with Gasteiger partial charge in [0.1, 0.15) is 34.3 Å². The van der Waals surface area contributed by atoms with Crippen LogP contribution >= 0.6 is 0 Å². The molecule has 13 aromatic rings. The molecule has 0 fully saturated rings. The molecule has 0 aliphatic carbocycles. The summed E-state index contributed by atoms with van der Waals surface area (Å²) in [4.78, 5) is 37.2. The largest absolute Gasteiger partial charge is 0.457 e. The second kappa shape index (κ2) is 16.4. The van der Waals surface area contributed by atoms with Gasteiger partial charge in [0.2, 0.25) is 0 Å². The van der Waals surface area contributed by atoms with Crippen LogP contribution in [0.4, 0.5) is 0 Å². The summed E-state index contributed by atoms with van der Waals surface area (Å²) in [6.45, 7) is 4.34. The van der Waals surface area contributed by atoms with E-state index in [1.54, 1.807) is 8.80 Å². The van der Waals surface area contributed by atoms with E-state index in [2.05, 4.69) is 84.5 Å². The van der Waals surface area contributed by atoms with E-state index in [1.807, 2.05) is 72.8 Å². The number of nitrogens with zero attached hydrogens (tertiary/aromatic N) is 2. The Balaban J connectivity index is 1.03. The van der Waals surface area contributed by atoms with Crippen LogP contribution in [0.15, 0.2) is 143 Å². The summed E-state index contributed by atoms with van der Waals surface area (Å²) in [7, 11) is 0. The van der Waals surface area contributed by atoms with Crippen molar-refractivity contribution in [1.82, 2.24) is 18.8 Å². The Morgan fingerprint density at radius 2 is 0.899 bits per heavy atom. The number of benzene rings is 9. The zero-order valence-electron chi connectivity index (χ0n) is 39.0. The predicted molar refractivity (Wildman–Crippen MR) is 285 cm³/mol. The summed E-state index contributed by atoms with van der Waals surface area (Å²) in [6.07, 6.45) is 14.1. The molecule has 0 amide bonds. The molecule has 0 atom stereocenters. The molecule has 69 heavy (non-hydrogen) atoms. The topological polar surface area (TPSA) is 93.0 Å².